The molecule has 1 aromatic heterocycles. The minimum Gasteiger partial charge on any atom is -0.342 e. The molecular weight excluding hydrogens is 609 g/mol. The quantitative estimate of drug-likeness (QED) is 0.194. The number of anilines is 1. The molecule has 2 aromatic carbocycles. The van der Waals surface area contributed by atoms with E-state index in [2.05, 4.69) is 63.3 Å². The number of carbonyl (C=O) groups excluding carboxylic acids is 2. The molecule has 10 heteroatoms. The number of hydrogen-bond acceptors (Lipinski definition) is 5. The van der Waals surface area contributed by atoms with Gasteiger partial charge in [0.25, 0.3) is 5.91 Å². The SMILES string of the molecule is CCn1c(SCC(=O)Nc2ccc(I)cc2C(C)C)nnc1[C@@H](NC(=O)c1ccccc1Cl)C(C)C. The molecule has 0 spiro atoms. The summed E-state index contributed by atoms with van der Waals surface area (Å²) in [7, 11) is 0. The van der Waals surface area contributed by atoms with Crippen molar-refractivity contribution in [1.82, 2.24) is 20.1 Å². The van der Waals surface area contributed by atoms with Crippen LogP contribution in [0.2, 0.25) is 5.02 Å². The van der Waals surface area contributed by atoms with Gasteiger partial charge in [-0.1, -0.05) is 63.2 Å². The Kier molecular flexibility index (Phi) is 10.2. The maximum absolute atomic E-state index is 12.9. The van der Waals surface area contributed by atoms with Crippen LogP contribution in [0, 0.1) is 9.49 Å². The van der Waals surface area contributed by atoms with E-state index in [4.69, 9.17) is 11.6 Å². The lowest BCUT2D eigenvalue weighted by molar-refractivity contribution is -0.113. The van der Waals surface area contributed by atoms with Crippen molar-refractivity contribution in [2.45, 2.75) is 58.3 Å². The summed E-state index contributed by atoms with van der Waals surface area (Å²) >= 11 is 9.82. The molecular formula is C26H31ClIN5O2S. The summed E-state index contributed by atoms with van der Waals surface area (Å²) < 4.78 is 3.08. The van der Waals surface area contributed by atoms with Crippen LogP contribution >= 0.6 is 46.0 Å². The molecule has 2 N–H and O–H groups in total. The Labute approximate surface area is 235 Å². The average Bonchev–Trinajstić information content (AvgIpc) is 3.24. The highest BCUT2D eigenvalue weighted by atomic mass is 127. The molecule has 1 atom stereocenters. The molecule has 3 aromatic rings. The first-order valence-corrected chi connectivity index (χ1v) is 14.3. The van der Waals surface area contributed by atoms with Crippen molar-refractivity contribution < 1.29 is 9.59 Å². The van der Waals surface area contributed by atoms with E-state index in [0.717, 1.165) is 14.8 Å². The van der Waals surface area contributed by atoms with Crippen LogP contribution in [0.3, 0.4) is 0 Å². The zero-order chi connectivity index (χ0) is 26.4. The smallest absolute Gasteiger partial charge is 0.253 e. The van der Waals surface area contributed by atoms with Crippen LogP contribution < -0.4 is 10.6 Å². The van der Waals surface area contributed by atoms with Crippen molar-refractivity contribution in [3.63, 3.8) is 0 Å². The molecule has 0 aliphatic rings. The van der Waals surface area contributed by atoms with Crippen LogP contribution in [-0.2, 0) is 11.3 Å². The first-order chi connectivity index (χ1) is 17.1. The molecule has 0 bridgehead atoms. The number of benzene rings is 2. The number of nitrogens with one attached hydrogen (secondary N) is 2. The molecule has 2 amide bonds. The maximum Gasteiger partial charge on any atom is 0.253 e. The molecule has 3 rings (SSSR count). The fourth-order valence-corrected chi connectivity index (χ4v) is 5.32. The van der Waals surface area contributed by atoms with E-state index in [0.29, 0.717) is 34.0 Å². The van der Waals surface area contributed by atoms with E-state index in [1.54, 1.807) is 24.3 Å². The van der Waals surface area contributed by atoms with E-state index in [-0.39, 0.29) is 29.5 Å². The van der Waals surface area contributed by atoms with E-state index in [1.807, 2.05) is 37.5 Å². The number of nitrogens with zero attached hydrogens (tertiary/aromatic N) is 3. The molecule has 0 aliphatic carbocycles. The zero-order valence-corrected chi connectivity index (χ0v) is 24.7. The summed E-state index contributed by atoms with van der Waals surface area (Å²) in [6.07, 6.45) is 0. The van der Waals surface area contributed by atoms with Crippen LogP contribution in [0.1, 0.15) is 68.3 Å². The van der Waals surface area contributed by atoms with Crippen molar-refractivity contribution >= 4 is 63.5 Å². The first kappa shape index (κ1) is 28.5. The van der Waals surface area contributed by atoms with Crippen molar-refractivity contribution in [3.05, 3.63) is 68.0 Å². The van der Waals surface area contributed by atoms with Gasteiger partial charge in [-0.25, -0.2) is 0 Å². The molecule has 36 heavy (non-hydrogen) atoms. The molecule has 0 aliphatic heterocycles. The zero-order valence-electron chi connectivity index (χ0n) is 21.0. The summed E-state index contributed by atoms with van der Waals surface area (Å²) in [5.74, 6) is 0.819. The van der Waals surface area contributed by atoms with Crippen molar-refractivity contribution in [3.8, 4) is 0 Å². The number of rotatable bonds is 10. The third kappa shape index (κ3) is 7.01. The third-order valence-electron chi connectivity index (χ3n) is 5.65. The highest BCUT2D eigenvalue weighted by Crippen LogP contribution is 2.28. The largest absolute Gasteiger partial charge is 0.342 e. The predicted octanol–water partition coefficient (Wildman–Crippen LogP) is 6.54. The normalized spacial score (nSPS) is 12.1. The van der Waals surface area contributed by atoms with E-state index in [9.17, 15) is 9.59 Å². The molecule has 0 unspecified atom stereocenters. The number of thioether (sulfide) groups is 1. The Hall–Kier alpha value is -2.11. The van der Waals surface area contributed by atoms with Crippen molar-refractivity contribution in [1.29, 1.82) is 0 Å². The third-order valence-corrected chi connectivity index (χ3v) is 7.62. The van der Waals surface area contributed by atoms with Gasteiger partial charge in [0.05, 0.1) is 22.4 Å². The van der Waals surface area contributed by atoms with E-state index >= 15 is 0 Å². The van der Waals surface area contributed by atoms with Gasteiger partial charge in [-0.05, 0) is 77.2 Å². The second-order valence-electron chi connectivity index (χ2n) is 8.98. The number of aromatic nitrogens is 3. The maximum atomic E-state index is 12.9. The lowest BCUT2D eigenvalue weighted by Gasteiger charge is -2.22. The van der Waals surface area contributed by atoms with Gasteiger partial charge in [-0.15, -0.1) is 10.2 Å². The van der Waals surface area contributed by atoms with Crippen LogP contribution in [0.15, 0.2) is 47.6 Å². The molecule has 0 radical (unpaired) electrons. The minimum absolute atomic E-state index is 0.0578. The Morgan fingerprint density at radius 1 is 1.11 bits per heavy atom. The Morgan fingerprint density at radius 3 is 2.47 bits per heavy atom. The topological polar surface area (TPSA) is 88.9 Å². The highest BCUT2D eigenvalue weighted by molar-refractivity contribution is 14.1. The van der Waals surface area contributed by atoms with Gasteiger partial charge in [-0.2, -0.15) is 0 Å². The molecule has 0 fully saturated rings. The molecule has 192 valence electrons. The van der Waals surface area contributed by atoms with Gasteiger partial charge < -0.3 is 15.2 Å². The Balaban J connectivity index is 1.73. The summed E-state index contributed by atoms with van der Waals surface area (Å²) in [5.41, 5.74) is 2.35. The van der Waals surface area contributed by atoms with E-state index in [1.165, 1.54) is 11.8 Å². The summed E-state index contributed by atoms with van der Waals surface area (Å²) in [6, 6.07) is 12.6. The second kappa shape index (κ2) is 12.9. The first-order valence-electron chi connectivity index (χ1n) is 11.8. The van der Waals surface area contributed by atoms with Gasteiger partial charge in [0, 0.05) is 15.8 Å². The monoisotopic (exact) mass is 639 g/mol. The number of amides is 2. The standard InChI is InChI=1S/C26H31ClIN5O2S/c1-6-33-24(23(16(4)5)30-25(35)18-9-7-8-10-20(18)27)31-32-26(33)36-14-22(34)29-21-12-11-17(28)13-19(21)15(2)3/h7-13,15-16,23H,6,14H2,1-5H3,(H,29,34)(H,30,35)/t23-/m0/s1. The lowest BCUT2D eigenvalue weighted by atomic mass is 10.0. The minimum atomic E-state index is -0.371. The fourth-order valence-electron chi connectivity index (χ4n) is 3.77. The van der Waals surface area contributed by atoms with Gasteiger partial charge in [0.2, 0.25) is 5.91 Å². The van der Waals surface area contributed by atoms with Crippen LogP contribution in [0.25, 0.3) is 0 Å². The van der Waals surface area contributed by atoms with Crippen molar-refractivity contribution in [2.24, 2.45) is 5.92 Å². The van der Waals surface area contributed by atoms with Crippen LogP contribution in [-0.4, -0.2) is 32.3 Å². The summed E-state index contributed by atoms with van der Waals surface area (Å²) in [5, 5.41) is 15.9. The number of carbonyl (C=O) groups is 2. The van der Waals surface area contributed by atoms with Crippen molar-refractivity contribution in [2.75, 3.05) is 11.1 Å². The lowest BCUT2D eigenvalue weighted by Crippen LogP contribution is -2.34. The Bertz CT molecular complexity index is 1230. The summed E-state index contributed by atoms with van der Waals surface area (Å²) in [4.78, 5) is 25.7. The van der Waals surface area contributed by atoms with Crippen LogP contribution in [0.5, 0.6) is 0 Å². The van der Waals surface area contributed by atoms with E-state index < -0.39 is 0 Å². The van der Waals surface area contributed by atoms with Gasteiger partial charge in [0.1, 0.15) is 0 Å². The molecule has 0 saturated heterocycles. The van der Waals surface area contributed by atoms with Gasteiger partial charge in [-0.3, -0.25) is 9.59 Å². The molecule has 1 heterocycles. The molecule has 0 saturated carbocycles. The average molecular weight is 640 g/mol. The second-order valence-corrected chi connectivity index (χ2v) is 11.6. The van der Waals surface area contributed by atoms with Crippen LogP contribution in [0.4, 0.5) is 5.69 Å². The van der Waals surface area contributed by atoms with Gasteiger partial charge in [0.15, 0.2) is 11.0 Å². The highest BCUT2D eigenvalue weighted by Gasteiger charge is 2.27. The number of hydrogen-bond donors (Lipinski definition) is 2. The predicted molar refractivity (Wildman–Crippen MR) is 155 cm³/mol. The summed E-state index contributed by atoms with van der Waals surface area (Å²) in [6.45, 7) is 10.8. The Morgan fingerprint density at radius 2 is 1.83 bits per heavy atom. The fraction of sp³-hybridized carbons (Fsp3) is 0.385. The number of halogens is 2. The molecule has 7 nitrogen and oxygen atoms in total. The van der Waals surface area contributed by atoms with Gasteiger partial charge >= 0.3 is 0 Å².